The van der Waals surface area contributed by atoms with Crippen molar-refractivity contribution in [3.8, 4) is 0 Å². The number of nitrogens with one attached hydrogen (secondary N) is 3. The summed E-state index contributed by atoms with van der Waals surface area (Å²) in [7, 11) is -3.61. The van der Waals surface area contributed by atoms with Crippen LogP contribution in [-0.2, 0) is 10.0 Å². The summed E-state index contributed by atoms with van der Waals surface area (Å²) in [5.41, 5.74) is 1.39. The van der Waals surface area contributed by atoms with Crippen molar-refractivity contribution < 1.29 is 12.8 Å². The van der Waals surface area contributed by atoms with Crippen LogP contribution >= 0.6 is 24.0 Å². The number of pyridine rings is 1. The number of aliphatic imine (C=N–C) groups is 1. The Morgan fingerprint density at radius 3 is 2.69 bits per heavy atom. The van der Waals surface area contributed by atoms with Crippen molar-refractivity contribution in [1.82, 2.24) is 20.3 Å². The molecule has 1 unspecified atom stereocenters. The molecule has 1 heterocycles. The zero-order chi connectivity index (χ0) is 20.6. The van der Waals surface area contributed by atoms with Crippen LogP contribution in [0.4, 0.5) is 4.39 Å². The molecule has 1 atom stereocenters. The van der Waals surface area contributed by atoms with Crippen LogP contribution in [0.25, 0.3) is 0 Å². The van der Waals surface area contributed by atoms with E-state index in [4.69, 9.17) is 0 Å². The molecule has 0 saturated carbocycles. The maximum atomic E-state index is 13.8. The summed E-state index contributed by atoms with van der Waals surface area (Å²) in [4.78, 5) is 8.30. The minimum atomic E-state index is -3.61. The highest BCUT2D eigenvalue weighted by atomic mass is 127. The topological polar surface area (TPSA) is 95.5 Å². The SMILES string of the molecule is CCNC(=NCCNS(=O)(=O)c1cccnc1)NC(C)c1ccc(C)c(F)c1.I. The second kappa shape index (κ2) is 12.0. The van der Waals surface area contributed by atoms with E-state index in [1.807, 2.05) is 19.9 Å². The Kier molecular flexibility index (Phi) is 10.5. The normalized spacial score (nSPS) is 12.8. The highest BCUT2D eigenvalue weighted by Gasteiger charge is 2.13. The van der Waals surface area contributed by atoms with E-state index < -0.39 is 10.0 Å². The molecule has 29 heavy (non-hydrogen) atoms. The number of hydrogen-bond donors (Lipinski definition) is 3. The van der Waals surface area contributed by atoms with Gasteiger partial charge in [-0.3, -0.25) is 9.98 Å². The molecule has 160 valence electrons. The number of hydrogen-bond acceptors (Lipinski definition) is 4. The molecular formula is C19H27FIN5O2S. The average Bonchev–Trinajstić information content (AvgIpc) is 2.68. The Morgan fingerprint density at radius 1 is 1.31 bits per heavy atom. The molecule has 0 spiro atoms. The summed E-state index contributed by atoms with van der Waals surface area (Å²) in [6.07, 6.45) is 2.80. The van der Waals surface area contributed by atoms with Crippen molar-refractivity contribution in [2.45, 2.75) is 31.7 Å². The number of guanidine groups is 1. The fourth-order valence-electron chi connectivity index (χ4n) is 2.42. The second-order valence-electron chi connectivity index (χ2n) is 6.22. The summed E-state index contributed by atoms with van der Waals surface area (Å²) < 4.78 is 40.6. The van der Waals surface area contributed by atoms with Crippen molar-refractivity contribution >= 4 is 40.0 Å². The van der Waals surface area contributed by atoms with Crippen LogP contribution in [0.5, 0.6) is 0 Å². The van der Waals surface area contributed by atoms with E-state index in [9.17, 15) is 12.8 Å². The number of aryl methyl sites for hydroxylation is 1. The van der Waals surface area contributed by atoms with Gasteiger partial charge in [-0.1, -0.05) is 12.1 Å². The van der Waals surface area contributed by atoms with Crippen LogP contribution in [0.1, 0.15) is 31.0 Å². The third kappa shape index (κ3) is 7.86. The molecule has 7 nitrogen and oxygen atoms in total. The molecular weight excluding hydrogens is 508 g/mol. The van der Waals surface area contributed by atoms with Crippen molar-refractivity contribution in [1.29, 1.82) is 0 Å². The number of rotatable bonds is 8. The lowest BCUT2D eigenvalue weighted by Crippen LogP contribution is -2.39. The van der Waals surface area contributed by atoms with E-state index in [2.05, 4.69) is 25.3 Å². The van der Waals surface area contributed by atoms with Crippen molar-refractivity contribution in [3.05, 3.63) is 59.7 Å². The number of sulfonamides is 1. The average molecular weight is 535 g/mol. The third-order valence-corrected chi connectivity index (χ3v) is 5.46. The summed E-state index contributed by atoms with van der Waals surface area (Å²) in [5, 5.41) is 6.29. The molecule has 2 aromatic rings. The minimum Gasteiger partial charge on any atom is -0.357 e. The second-order valence-corrected chi connectivity index (χ2v) is 7.99. The number of benzene rings is 1. The zero-order valence-electron chi connectivity index (χ0n) is 16.6. The molecule has 1 aromatic heterocycles. The first kappa shape index (κ1) is 25.2. The predicted molar refractivity (Wildman–Crippen MR) is 124 cm³/mol. The van der Waals surface area contributed by atoms with Crippen LogP contribution in [0.2, 0.25) is 0 Å². The van der Waals surface area contributed by atoms with E-state index in [0.29, 0.717) is 18.1 Å². The first-order valence-electron chi connectivity index (χ1n) is 9.04. The highest BCUT2D eigenvalue weighted by Crippen LogP contribution is 2.16. The van der Waals surface area contributed by atoms with E-state index >= 15 is 0 Å². The van der Waals surface area contributed by atoms with E-state index in [0.717, 1.165) is 5.56 Å². The van der Waals surface area contributed by atoms with Gasteiger partial charge >= 0.3 is 0 Å². The van der Waals surface area contributed by atoms with Crippen LogP contribution in [0, 0.1) is 12.7 Å². The zero-order valence-corrected chi connectivity index (χ0v) is 19.8. The van der Waals surface area contributed by atoms with Gasteiger partial charge in [0, 0.05) is 25.5 Å². The van der Waals surface area contributed by atoms with Crippen molar-refractivity contribution in [2.75, 3.05) is 19.6 Å². The van der Waals surface area contributed by atoms with Crippen LogP contribution in [0.3, 0.4) is 0 Å². The van der Waals surface area contributed by atoms with E-state index in [1.165, 1.54) is 24.5 Å². The molecule has 0 aliphatic rings. The van der Waals surface area contributed by atoms with Crippen molar-refractivity contribution in [3.63, 3.8) is 0 Å². The third-order valence-electron chi connectivity index (χ3n) is 4.01. The lowest BCUT2D eigenvalue weighted by atomic mass is 10.1. The molecule has 0 amide bonds. The number of aromatic nitrogens is 1. The summed E-state index contributed by atoms with van der Waals surface area (Å²) in [6, 6.07) is 7.97. The molecule has 1 aromatic carbocycles. The minimum absolute atomic E-state index is 0. The van der Waals surface area contributed by atoms with Gasteiger partial charge in [0.05, 0.1) is 12.6 Å². The van der Waals surface area contributed by atoms with Gasteiger partial charge in [-0.05, 0) is 50.1 Å². The fourth-order valence-corrected chi connectivity index (χ4v) is 3.41. The summed E-state index contributed by atoms with van der Waals surface area (Å²) in [6.45, 7) is 6.57. The smallest absolute Gasteiger partial charge is 0.242 e. The van der Waals surface area contributed by atoms with Crippen LogP contribution in [-0.4, -0.2) is 39.0 Å². The monoisotopic (exact) mass is 535 g/mol. The molecule has 0 fully saturated rings. The number of nitrogens with zero attached hydrogens (tertiary/aromatic N) is 2. The Balaban J connectivity index is 0.00000420. The quantitative estimate of drug-likeness (QED) is 0.209. The lowest BCUT2D eigenvalue weighted by molar-refractivity contribution is 0.581. The highest BCUT2D eigenvalue weighted by molar-refractivity contribution is 14.0. The van der Waals surface area contributed by atoms with Gasteiger partial charge in [-0.2, -0.15) is 0 Å². The van der Waals surface area contributed by atoms with Gasteiger partial charge in [-0.15, -0.1) is 24.0 Å². The van der Waals surface area contributed by atoms with Crippen molar-refractivity contribution in [2.24, 2.45) is 4.99 Å². The van der Waals surface area contributed by atoms with Gasteiger partial charge in [0.1, 0.15) is 10.7 Å². The van der Waals surface area contributed by atoms with Gasteiger partial charge in [-0.25, -0.2) is 17.5 Å². The van der Waals surface area contributed by atoms with Gasteiger partial charge in [0.2, 0.25) is 10.0 Å². The van der Waals surface area contributed by atoms with Crippen LogP contribution < -0.4 is 15.4 Å². The maximum Gasteiger partial charge on any atom is 0.242 e. The van der Waals surface area contributed by atoms with E-state index in [1.54, 1.807) is 19.1 Å². The summed E-state index contributed by atoms with van der Waals surface area (Å²) >= 11 is 0. The van der Waals surface area contributed by atoms with Crippen LogP contribution in [0.15, 0.2) is 52.6 Å². The molecule has 3 N–H and O–H groups in total. The van der Waals surface area contributed by atoms with Gasteiger partial charge < -0.3 is 10.6 Å². The van der Waals surface area contributed by atoms with Gasteiger partial charge in [0.15, 0.2) is 5.96 Å². The Hall–Kier alpha value is -1.79. The maximum absolute atomic E-state index is 13.8. The fraction of sp³-hybridized carbons (Fsp3) is 0.368. The Morgan fingerprint density at radius 2 is 2.07 bits per heavy atom. The van der Waals surface area contributed by atoms with Gasteiger partial charge in [0.25, 0.3) is 0 Å². The predicted octanol–water partition coefficient (Wildman–Crippen LogP) is 2.74. The molecule has 0 aliphatic heterocycles. The molecule has 0 radical (unpaired) electrons. The molecule has 10 heteroatoms. The molecule has 0 saturated heterocycles. The standard InChI is InChI=1S/C19H26FN5O2S.HI/c1-4-22-19(25-15(3)16-8-7-14(2)18(20)12-16)23-10-11-24-28(26,27)17-6-5-9-21-13-17;/h5-9,12-13,15,24H,4,10-11H2,1-3H3,(H2,22,23,25);1H. The first-order chi connectivity index (χ1) is 13.3. The lowest BCUT2D eigenvalue weighted by Gasteiger charge is -2.18. The number of halogens is 2. The molecule has 0 bridgehead atoms. The Bertz CT molecular complexity index is 910. The molecule has 2 rings (SSSR count). The Labute approximate surface area is 188 Å². The largest absolute Gasteiger partial charge is 0.357 e. The first-order valence-corrected chi connectivity index (χ1v) is 10.5. The molecule has 0 aliphatic carbocycles. The van der Waals surface area contributed by atoms with E-state index in [-0.39, 0.29) is 53.8 Å². The summed E-state index contributed by atoms with van der Waals surface area (Å²) in [5.74, 6) is 0.273.